The number of rotatable bonds is 5. The molecule has 4 heterocycles. The number of aliphatic hydroxyl groups excluding tert-OH is 1. The summed E-state index contributed by atoms with van der Waals surface area (Å²) in [6.07, 6.45) is 11.6. The van der Waals surface area contributed by atoms with Crippen molar-refractivity contribution in [3.8, 4) is 35.4 Å². The van der Waals surface area contributed by atoms with Gasteiger partial charge in [0, 0.05) is 41.7 Å². The predicted octanol–water partition coefficient (Wildman–Crippen LogP) is 4.31. The van der Waals surface area contributed by atoms with Gasteiger partial charge in [0.2, 0.25) is 0 Å². The van der Waals surface area contributed by atoms with Crippen molar-refractivity contribution in [3.05, 3.63) is 47.7 Å². The minimum Gasteiger partial charge on any atom is -0.508 e. The Kier molecular flexibility index (Phi) is 7.44. The summed E-state index contributed by atoms with van der Waals surface area (Å²) < 4.78 is 43.3. The molecule has 9 nitrogen and oxygen atoms in total. The number of nitrogens with zero attached hydrogens (tertiary/aromatic N) is 4. The molecule has 44 heavy (non-hydrogen) atoms. The summed E-state index contributed by atoms with van der Waals surface area (Å²) in [5, 5.41) is 25.6. The van der Waals surface area contributed by atoms with E-state index in [1.165, 1.54) is 30.5 Å². The van der Waals surface area contributed by atoms with Crippen molar-refractivity contribution in [2.75, 3.05) is 44.4 Å². The topological polar surface area (TPSA) is 113 Å². The number of hydrogen-bond acceptors (Lipinski definition) is 9. The van der Waals surface area contributed by atoms with E-state index in [1.807, 2.05) is 4.90 Å². The maximum atomic E-state index is 16.7. The van der Waals surface area contributed by atoms with E-state index in [0.717, 1.165) is 38.6 Å². The van der Waals surface area contributed by atoms with Crippen LogP contribution in [-0.4, -0.2) is 76.8 Å². The molecule has 4 aromatic rings. The second-order valence-electron chi connectivity index (χ2n) is 12.0. The average Bonchev–Trinajstić information content (AvgIpc) is 3.33. The Morgan fingerprint density at radius 2 is 2.07 bits per heavy atom. The summed E-state index contributed by atoms with van der Waals surface area (Å²) in [6.45, 7) is 2.52. The molecule has 2 aromatic heterocycles. The van der Waals surface area contributed by atoms with Gasteiger partial charge in [0.1, 0.15) is 28.6 Å². The lowest BCUT2D eigenvalue weighted by Crippen LogP contribution is -2.49. The van der Waals surface area contributed by atoms with Crippen LogP contribution in [0.5, 0.6) is 11.8 Å². The van der Waals surface area contributed by atoms with Gasteiger partial charge in [0.05, 0.1) is 36.9 Å². The minimum absolute atomic E-state index is 0.0185. The number of β-amino-alcohol motifs (C(OH)–C–C–N with tert-alkyl or cyclic N) is 1. The zero-order valence-corrected chi connectivity index (χ0v) is 24.2. The second kappa shape index (κ2) is 11.4. The minimum atomic E-state index is -0.794. The van der Waals surface area contributed by atoms with Crippen molar-refractivity contribution in [2.45, 2.75) is 44.2 Å². The number of aromatic hydroxyl groups is 1. The lowest BCUT2D eigenvalue weighted by Gasteiger charge is -2.39. The molecule has 0 spiro atoms. The molecule has 2 aromatic carbocycles. The van der Waals surface area contributed by atoms with E-state index < -0.39 is 17.7 Å². The number of terminal acetylenes is 1. The van der Waals surface area contributed by atoms with E-state index >= 15 is 4.39 Å². The zero-order chi connectivity index (χ0) is 30.4. The van der Waals surface area contributed by atoms with E-state index in [4.69, 9.17) is 20.9 Å². The van der Waals surface area contributed by atoms with Gasteiger partial charge in [-0.3, -0.25) is 4.98 Å². The molecule has 3 aliphatic rings. The normalized spacial score (nSPS) is 23.8. The molecule has 3 fully saturated rings. The van der Waals surface area contributed by atoms with Crippen LogP contribution in [0.15, 0.2) is 30.5 Å². The third-order valence-electron chi connectivity index (χ3n) is 9.28. The third kappa shape index (κ3) is 4.97. The molecule has 0 amide bonds. The lowest BCUT2D eigenvalue weighted by molar-refractivity contribution is 0.0597. The van der Waals surface area contributed by atoms with Gasteiger partial charge < -0.3 is 29.9 Å². The molecule has 1 aliphatic carbocycles. The number of benzene rings is 2. The van der Waals surface area contributed by atoms with Gasteiger partial charge in [-0.1, -0.05) is 18.4 Å². The van der Waals surface area contributed by atoms with Gasteiger partial charge in [-0.05, 0) is 55.8 Å². The van der Waals surface area contributed by atoms with Crippen molar-refractivity contribution in [1.29, 1.82) is 0 Å². The van der Waals surface area contributed by atoms with Crippen LogP contribution >= 0.6 is 0 Å². The molecular weight excluding hydrogens is 568 g/mol. The van der Waals surface area contributed by atoms with E-state index in [1.54, 1.807) is 0 Å². The second-order valence-corrected chi connectivity index (χ2v) is 12.0. The fourth-order valence-electron chi connectivity index (χ4n) is 7.18. The standard InChI is InChI=1S/C33H33F2N5O4/c1-2-22-25(34)7-6-19-13-20(41)14-23(27(19)22)29-28(35)30-24(15-37-29)31(40-11-12-43-17-21(42)16-40)39-32(38-30)44-18-33-8-3-5-26(33)36-10-4-9-33/h1,6-7,13-15,21,26,36,41-42H,3-5,8-12,16-18H2. The summed E-state index contributed by atoms with van der Waals surface area (Å²) in [6, 6.07) is 5.81. The fraction of sp³-hybridized carbons (Fsp3) is 0.424. The zero-order valence-electron chi connectivity index (χ0n) is 24.2. The maximum absolute atomic E-state index is 16.7. The molecule has 2 aliphatic heterocycles. The average molecular weight is 602 g/mol. The van der Waals surface area contributed by atoms with Gasteiger partial charge in [0.25, 0.3) is 0 Å². The molecule has 1 saturated carbocycles. The van der Waals surface area contributed by atoms with Crippen LogP contribution in [0.25, 0.3) is 32.9 Å². The van der Waals surface area contributed by atoms with Gasteiger partial charge in [-0.2, -0.15) is 9.97 Å². The summed E-state index contributed by atoms with van der Waals surface area (Å²) in [5.74, 6) is 1.14. The highest BCUT2D eigenvalue weighted by atomic mass is 19.1. The number of fused-ring (bicyclic) bond motifs is 3. The number of anilines is 1. The van der Waals surface area contributed by atoms with Crippen molar-refractivity contribution < 1.29 is 28.5 Å². The quantitative estimate of drug-likeness (QED) is 0.288. The number of phenolic OH excluding ortho intramolecular Hbond substituents is 1. The number of hydrogen-bond donors (Lipinski definition) is 3. The van der Waals surface area contributed by atoms with Crippen LogP contribution in [-0.2, 0) is 4.74 Å². The van der Waals surface area contributed by atoms with Gasteiger partial charge in [0.15, 0.2) is 5.82 Å². The van der Waals surface area contributed by atoms with Crippen LogP contribution in [0, 0.1) is 29.4 Å². The first-order valence-electron chi connectivity index (χ1n) is 15.0. The number of ether oxygens (including phenoxy) is 2. The predicted molar refractivity (Wildman–Crippen MR) is 162 cm³/mol. The van der Waals surface area contributed by atoms with Crippen LogP contribution in [0.2, 0.25) is 0 Å². The van der Waals surface area contributed by atoms with Gasteiger partial charge >= 0.3 is 6.01 Å². The molecule has 3 unspecified atom stereocenters. The fourth-order valence-corrected chi connectivity index (χ4v) is 7.18. The molecule has 3 atom stereocenters. The first-order valence-corrected chi connectivity index (χ1v) is 15.0. The number of piperidine rings is 1. The van der Waals surface area contributed by atoms with Gasteiger partial charge in [-0.25, -0.2) is 8.78 Å². The molecular formula is C33H33F2N5O4. The Morgan fingerprint density at radius 3 is 2.93 bits per heavy atom. The van der Waals surface area contributed by atoms with Crippen LogP contribution < -0.4 is 15.0 Å². The third-order valence-corrected chi connectivity index (χ3v) is 9.28. The maximum Gasteiger partial charge on any atom is 0.319 e. The van der Waals surface area contributed by atoms with E-state index in [-0.39, 0.29) is 58.1 Å². The number of aliphatic hydroxyl groups is 1. The summed E-state index contributed by atoms with van der Waals surface area (Å²) in [4.78, 5) is 15.5. The molecule has 11 heteroatoms. The Balaban J connectivity index is 1.38. The Morgan fingerprint density at radius 1 is 1.20 bits per heavy atom. The highest BCUT2D eigenvalue weighted by Crippen LogP contribution is 2.45. The Labute approximate surface area is 253 Å². The number of phenols is 1. The molecule has 228 valence electrons. The summed E-state index contributed by atoms with van der Waals surface area (Å²) in [7, 11) is 0. The highest BCUT2D eigenvalue weighted by molar-refractivity contribution is 6.03. The summed E-state index contributed by atoms with van der Waals surface area (Å²) in [5.41, 5.74) is -0.167. The largest absolute Gasteiger partial charge is 0.508 e. The van der Waals surface area contributed by atoms with Crippen molar-refractivity contribution in [1.82, 2.24) is 20.3 Å². The van der Waals surface area contributed by atoms with E-state index in [9.17, 15) is 14.6 Å². The first-order chi connectivity index (χ1) is 21.4. The Bertz CT molecular complexity index is 1800. The first kappa shape index (κ1) is 28.6. The monoisotopic (exact) mass is 601 g/mol. The molecule has 2 saturated heterocycles. The smallest absolute Gasteiger partial charge is 0.319 e. The van der Waals surface area contributed by atoms with Crippen LogP contribution in [0.3, 0.4) is 0 Å². The van der Waals surface area contributed by atoms with E-state index in [2.05, 4.69) is 21.2 Å². The van der Waals surface area contributed by atoms with Crippen molar-refractivity contribution in [2.24, 2.45) is 5.41 Å². The molecule has 3 N–H and O–H groups in total. The number of halogens is 2. The number of nitrogens with one attached hydrogen (secondary N) is 1. The van der Waals surface area contributed by atoms with E-state index in [0.29, 0.717) is 42.4 Å². The number of aromatic nitrogens is 3. The SMILES string of the molecule is C#Cc1c(F)ccc2cc(O)cc(-c3ncc4c(N5CCOCC(O)C5)nc(OCC56CCCNC5CCC6)nc4c3F)c12. The Hall–Kier alpha value is -4.11. The van der Waals surface area contributed by atoms with Crippen LogP contribution in [0.1, 0.15) is 37.7 Å². The summed E-state index contributed by atoms with van der Waals surface area (Å²) >= 11 is 0. The van der Waals surface area contributed by atoms with Crippen molar-refractivity contribution in [3.63, 3.8) is 0 Å². The molecule has 0 bridgehead atoms. The van der Waals surface area contributed by atoms with Crippen LogP contribution in [0.4, 0.5) is 14.6 Å². The highest BCUT2D eigenvalue weighted by Gasteiger charge is 2.45. The number of pyridine rings is 1. The molecule has 7 rings (SSSR count). The van der Waals surface area contributed by atoms with Crippen molar-refractivity contribution >= 4 is 27.5 Å². The lowest BCUT2D eigenvalue weighted by atomic mass is 9.76. The molecule has 0 radical (unpaired) electrons. The van der Waals surface area contributed by atoms with Gasteiger partial charge in [-0.15, -0.1) is 6.42 Å².